The predicted octanol–water partition coefficient (Wildman–Crippen LogP) is 2.50. The van der Waals surface area contributed by atoms with Crippen LogP contribution in [0.2, 0.25) is 0 Å². The SMILES string of the molecule is O=C(CC(CNC(=O)OCC1c2ccccc2-c2ccccc21)C1CC1)NCC(O)C(=O)O. The number of alkyl carbamates (subject to hydrolysis) is 1. The minimum atomic E-state index is -1.63. The second-order valence-electron chi connectivity index (χ2n) is 8.67. The molecule has 2 aliphatic rings. The van der Waals surface area contributed by atoms with Crippen molar-refractivity contribution in [3.8, 4) is 11.1 Å². The lowest BCUT2D eigenvalue weighted by molar-refractivity contribution is -0.146. The minimum absolute atomic E-state index is 0.0196. The minimum Gasteiger partial charge on any atom is -0.479 e. The summed E-state index contributed by atoms with van der Waals surface area (Å²) in [6.45, 7) is 0.184. The fourth-order valence-corrected chi connectivity index (χ4v) is 4.45. The third kappa shape index (κ3) is 5.51. The molecule has 0 saturated heterocycles. The molecular weight excluding hydrogens is 424 g/mol. The van der Waals surface area contributed by atoms with Gasteiger partial charge in [-0.25, -0.2) is 9.59 Å². The van der Waals surface area contributed by atoms with Gasteiger partial charge in [0.25, 0.3) is 0 Å². The Morgan fingerprint density at radius 3 is 2.12 bits per heavy atom. The number of ether oxygens (including phenoxy) is 1. The Bertz CT molecular complexity index is 990. The molecule has 1 fully saturated rings. The van der Waals surface area contributed by atoms with Gasteiger partial charge in [-0.2, -0.15) is 0 Å². The second kappa shape index (κ2) is 10.0. The molecule has 2 atom stereocenters. The van der Waals surface area contributed by atoms with Crippen LogP contribution in [0.3, 0.4) is 0 Å². The smallest absolute Gasteiger partial charge is 0.407 e. The van der Waals surface area contributed by atoms with Crippen LogP contribution in [-0.2, 0) is 14.3 Å². The van der Waals surface area contributed by atoms with E-state index in [2.05, 4.69) is 34.9 Å². The van der Waals surface area contributed by atoms with E-state index in [1.807, 2.05) is 24.3 Å². The topological polar surface area (TPSA) is 125 Å². The van der Waals surface area contributed by atoms with Gasteiger partial charge in [0.1, 0.15) is 6.61 Å². The van der Waals surface area contributed by atoms with E-state index in [-0.39, 0.29) is 37.3 Å². The van der Waals surface area contributed by atoms with E-state index < -0.39 is 18.2 Å². The highest BCUT2D eigenvalue weighted by molar-refractivity contribution is 5.79. The van der Waals surface area contributed by atoms with Crippen molar-refractivity contribution in [2.45, 2.75) is 31.3 Å². The number of amides is 2. The molecule has 4 rings (SSSR count). The summed E-state index contributed by atoms with van der Waals surface area (Å²) in [4.78, 5) is 35.2. The number of carbonyl (C=O) groups excluding carboxylic acids is 2. The van der Waals surface area contributed by atoms with Crippen molar-refractivity contribution in [3.05, 3.63) is 59.7 Å². The number of carbonyl (C=O) groups is 3. The van der Waals surface area contributed by atoms with Crippen molar-refractivity contribution >= 4 is 18.0 Å². The molecule has 0 radical (unpaired) electrons. The first-order valence-corrected chi connectivity index (χ1v) is 11.2. The van der Waals surface area contributed by atoms with Gasteiger partial charge in [0.15, 0.2) is 6.10 Å². The maximum atomic E-state index is 12.4. The van der Waals surface area contributed by atoms with E-state index in [9.17, 15) is 19.5 Å². The van der Waals surface area contributed by atoms with Gasteiger partial charge in [0.2, 0.25) is 5.91 Å². The Labute approximate surface area is 192 Å². The number of carboxylic acid groups (broad SMARTS) is 1. The zero-order valence-electron chi connectivity index (χ0n) is 18.2. The molecule has 0 bridgehead atoms. The van der Waals surface area contributed by atoms with Crippen molar-refractivity contribution in [1.82, 2.24) is 10.6 Å². The molecule has 0 aliphatic heterocycles. The summed E-state index contributed by atoms with van der Waals surface area (Å²) in [6.07, 6.45) is -0.0263. The molecular formula is C25H28N2O6. The fourth-order valence-electron chi connectivity index (χ4n) is 4.45. The lowest BCUT2D eigenvalue weighted by Crippen LogP contribution is -2.39. The normalized spacial score (nSPS) is 16.3. The Kier molecular flexibility index (Phi) is 6.93. The third-order valence-electron chi connectivity index (χ3n) is 6.37. The standard InChI is InChI=1S/C25H28N2O6/c28-22(24(30)31)13-26-23(29)11-16(15-9-10-15)12-27-25(32)33-14-21-19-7-3-1-5-17(19)18-6-2-4-8-20(18)21/h1-8,15-16,21-22,28H,9-14H2,(H,26,29)(H,27,32)(H,30,31). The average molecular weight is 453 g/mol. The molecule has 2 aromatic rings. The van der Waals surface area contributed by atoms with Crippen molar-refractivity contribution in [2.75, 3.05) is 19.7 Å². The summed E-state index contributed by atoms with van der Waals surface area (Å²) < 4.78 is 5.55. The van der Waals surface area contributed by atoms with Crippen LogP contribution in [0, 0.1) is 11.8 Å². The van der Waals surface area contributed by atoms with E-state index in [0.717, 1.165) is 35.1 Å². The second-order valence-corrected chi connectivity index (χ2v) is 8.67. The summed E-state index contributed by atoms with van der Waals surface area (Å²) >= 11 is 0. The number of fused-ring (bicyclic) bond motifs is 3. The molecule has 1 saturated carbocycles. The molecule has 8 nitrogen and oxygen atoms in total. The third-order valence-corrected chi connectivity index (χ3v) is 6.37. The van der Waals surface area contributed by atoms with Crippen LogP contribution in [0.4, 0.5) is 4.79 Å². The largest absolute Gasteiger partial charge is 0.479 e. The van der Waals surface area contributed by atoms with Gasteiger partial charge in [0, 0.05) is 18.9 Å². The highest BCUT2D eigenvalue weighted by Gasteiger charge is 2.33. The summed E-state index contributed by atoms with van der Waals surface area (Å²) in [5.41, 5.74) is 4.61. The Morgan fingerprint density at radius 2 is 1.55 bits per heavy atom. The highest BCUT2D eigenvalue weighted by Crippen LogP contribution is 2.44. The Morgan fingerprint density at radius 1 is 0.939 bits per heavy atom. The number of hydrogen-bond acceptors (Lipinski definition) is 5. The number of aliphatic hydroxyl groups is 1. The number of benzene rings is 2. The molecule has 4 N–H and O–H groups in total. The van der Waals surface area contributed by atoms with Gasteiger partial charge < -0.3 is 25.6 Å². The summed E-state index contributed by atoms with van der Waals surface area (Å²) in [6, 6.07) is 16.2. The molecule has 2 unspecified atom stereocenters. The first-order chi connectivity index (χ1) is 15.9. The highest BCUT2D eigenvalue weighted by atomic mass is 16.5. The molecule has 33 heavy (non-hydrogen) atoms. The maximum Gasteiger partial charge on any atom is 0.407 e. The van der Waals surface area contributed by atoms with Crippen molar-refractivity contribution in [3.63, 3.8) is 0 Å². The molecule has 0 aromatic heterocycles. The molecule has 8 heteroatoms. The predicted molar refractivity (Wildman–Crippen MR) is 121 cm³/mol. The van der Waals surface area contributed by atoms with Crippen molar-refractivity contribution in [2.24, 2.45) is 11.8 Å². The van der Waals surface area contributed by atoms with Gasteiger partial charge in [0.05, 0.1) is 6.54 Å². The lowest BCUT2D eigenvalue weighted by Gasteiger charge is -2.18. The quantitative estimate of drug-likeness (QED) is 0.439. The summed E-state index contributed by atoms with van der Waals surface area (Å²) in [5, 5.41) is 23.2. The monoisotopic (exact) mass is 452 g/mol. The van der Waals surface area contributed by atoms with Crippen LogP contribution in [0.1, 0.15) is 36.3 Å². The van der Waals surface area contributed by atoms with Gasteiger partial charge >= 0.3 is 12.1 Å². The van der Waals surface area contributed by atoms with Crippen LogP contribution in [0.15, 0.2) is 48.5 Å². The zero-order valence-corrected chi connectivity index (χ0v) is 18.2. The molecule has 0 heterocycles. The van der Waals surface area contributed by atoms with E-state index in [0.29, 0.717) is 12.5 Å². The van der Waals surface area contributed by atoms with Crippen LogP contribution >= 0.6 is 0 Å². The van der Waals surface area contributed by atoms with Gasteiger partial charge in [-0.3, -0.25) is 4.79 Å². The van der Waals surface area contributed by atoms with Gasteiger partial charge in [-0.05, 0) is 46.9 Å². The number of carboxylic acids is 1. The van der Waals surface area contributed by atoms with Gasteiger partial charge in [-0.1, -0.05) is 48.5 Å². The Hall–Kier alpha value is -3.39. The van der Waals surface area contributed by atoms with E-state index in [1.54, 1.807) is 0 Å². The number of aliphatic carboxylic acids is 1. The van der Waals surface area contributed by atoms with Crippen LogP contribution in [0.25, 0.3) is 11.1 Å². The molecule has 174 valence electrons. The van der Waals surface area contributed by atoms with Crippen molar-refractivity contribution < 1.29 is 29.3 Å². The number of rotatable bonds is 10. The molecule has 2 aliphatic carbocycles. The van der Waals surface area contributed by atoms with E-state index in [1.165, 1.54) is 0 Å². The lowest BCUT2D eigenvalue weighted by atomic mass is 9.98. The van der Waals surface area contributed by atoms with E-state index in [4.69, 9.17) is 9.84 Å². The van der Waals surface area contributed by atoms with Crippen LogP contribution in [-0.4, -0.2) is 54.0 Å². The number of nitrogens with one attached hydrogen (secondary N) is 2. The number of aliphatic hydroxyl groups excluding tert-OH is 1. The Balaban J connectivity index is 1.27. The van der Waals surface area contributed by atoms with Crippen molar-refractivity contribution in [1.29, 1.82) is 0 Å². The van der Waals surface area contributed by atoms with Gasteiger partial charge in [-0.15, -0.1) is 0 Å². The first kappa shape index (κ1) is 22.8. The summed E-state index contributed by atoms with van der Waals surface area (Å²) in [5.74, 6) is -1.47. The maximum absolute atomic E-state index is 12.4. The first-order valence-electron chi connectivity index (χ1n) is 11.2. The number of hydrogen-bond donors (Lipinski definition) is 4. The van der Waals surface area contributed by atoms with Crippen LogP contribution in [0.5, 0.6) is 0 Å². The van der Waals surface area contributed by atoms with Crippen LogP contribution < -0.4 is 10.6 Å². The molecule has 2 aromatic carbocycles. The average Bonchev–Trinajstić information content (AvgIpc) is 3.61. The summed E-state index contributed by atoms with van der Waals surface area (Å²) in [7, 11) is 0. The fraction of sp³-hybridized carbons (Fsp3) is 0.400. The molecule has 2 amide bonds. The zero-order chi connectivity index (χ0) is 23.4. The van der Waals surface area contributed by atoms with E-state index >= 15 is 0 Å². The molecule has 0 spiro atoms.